The highest BCUT2D eigenvalue weighted by atomic mass is 16.5. The molecule has 6 heteroatoms. The summed E-state index contributed by atoms with van der Waals surface area (Å²) in [4.78, 5) is 24.1. The van der Waals surface area contributed by atoms with Gasteiger partial charge in [0.2, 0.25) is 5.91 Å². The monoisotopic (exact) mass is 389 g/mol. The number of fused-ring (bicyclic) bond motifs is 1. The van der Waals surface area contributed by atoms with Gasteiger partial charge in [0.15, 0.2) is 6.61 Å². The maximum Gasteiger partial charge on any atom is 0.277 e. The van der Waals surface area contributed by atoms with E-state index in [4.69, 9.17) is 4.74 Å². The molecule has 0 aliphatic carbocycles. The minimum absolute atomic E-state index is 0.0752. The zero-order chi connectivity index (χ0) is 20.6. The molecule has 3 aromatic carbocycles. The van der Waals surface area contributed by atoms with Crippen LogP contribution in [-0.2, 0) is 9.59 Å². The number of nitrogens with one attached hydrogen (secondary N) is 2. The van der Waals surface area contributed by atoms with Crippen LogP contribution in [0.1, 0.15) is 18.9 Å². The first kappa shape index (κ1) is 20.1. The van der Waals surface area contributed by atoms with E-state index >= 15 is 0 Å². The molecule has 2 amide bonds. The molecule has 0 heterocycles. The standard InChI is InChI=1S/C23H23N3O3/c1-16-7-3-6-10-21(16)29-15-23(28)26-25-17(2)13-22(27)24-20-12-11-18-8-4-5-9-19(18)14-20/h3-12,14H,13,15H2,1-2H3,(H,24,27)(H,26,28)/b25-17+. The summed E-state index contributed by atoms with van der Waals surface area (Å²) in [5.74, 6) is 0.0626. The Morgan fingerprint density at radius 1 is 0.931 bits per heavy atom. The number of aryl methyl sites for hydroxylation is 1. The van der Waals surface area contributed by atoms with Crippen LogP contribution in [0.3, 0.4) is 0 Å². The summed E-state index contributed by atoms with van der Waals surface area (Å²) in [6.45, 7) is 3.44. The Morgan fingerprint density at radius 3 is 2.45 bits per heavy atom. The quantitative estimate of drug-likeness (QED) is 0.473. The summed E-state index contributed by atoms with van der Waals surface area (Å²) in [5.41, 5.74) is 4.57. The first-order valence-electron chi connectivity index (χ1n) is 9.30. The van der Waals surface area contributed by atoms with Crippen molar-refractivity contribution in [1.82, 2.24) is 5.43 Å². The summed E-state index contributed by atoms with van der Waals surface area (Å²) < 4.78 is 5.47. The maximum absolute atomic E-state index is 12.2. The van der Waals surface area contributed by atoms with E-state index < -0.39 is 0 Å². The van der Waals surface area contributed by atoms with Crippen molar-refractivity contribution in [1.29, 1.82) is 0 Å². The SMILES string of the molecule is C/C(CC(=O)Nc1ccc2ccccc2c1)=N\NC(=O)COc1ccccc1C. The fourth-order valence-electron chi connectivity index (χ4n) is 2.80. The van der Waals surface area contributed by atoms with Crippen molar-refractivity contribution < 1.29 is 14.3 Å². The van der Waals surface area contributed by atoms with Crippen molar-refractivity contribution in [3.8, 4) is 5.75 Å². The van der Waals surface area contributed by atoms with Gasteiger partial charge in [0.1, 0.15) is 5.75 Å². The number of ether oxygens (including phenoxy) is 1. The third kappa shape index (κ3) is 5.90. The van der Waals surface area contributed by atoms with Gasteiger partial charge in [-0.25, -0.2) is 5.43 Å². The Morgan fingerprint density at radius 2 is 1.66 bits per heavy atom. The van der Waals surface area contributed by atoms with Crippen molar-refractivity contribution in [2.24, 2.45) is 5.10 Å². The summed E-state index contributed by atoms with van der Waals surface area (Å²) >= 11 is 0. The molecule has 0 bridgehead atoms. The van der Waals surface area contributed by atoms with E-state index in [1.54, 1.807) is 13.0 Å². The molecule has 0 saturated heterocycles. The fraction of sp³-hybridized carbons (Fsp3) is 0.174. The predicted molar refractivity (Wildman–Crippen MR) is 115 cm³/mol. The van der Waals surface area contributed by atoms with Crippen molar-refractivity contribution in [3.05, 3.63) is 72.3 Å². The molecule has 0 fully saturated rings. The van der Waals surface area contributed by atoms with E-state index in [0.29, 0.717) is 11.5 Å². The van der Waals surface area contributed by atoms with Crippen LogP contribution in [0.5, 0.6) is 5.75 Å². The number of carbonyl (C=O) groups is 2. The lowest BCUT2D eigenvalue weighted by Gasteiger charge is -2.08. The van der Waals surface area contributed by atoms with E-state index in [-0.39, 0.29) is 24.8 Å². The average Bonchev–Trinajstić information content (AvgIpc) is 2.71. The Balaban J connectivity index is 1.47. The molecule has 29 heavy (non-hydrogen) atoms. The van der Waals surface area contributed by atoms with E-state index in [9.17, 15) is 9.59 Å². The van der Waals surface area contributed by atoms with Crippen molar-refractivity contribution in [2.45, 2.75) is 20.3 Å². The van der Waals surface area contributed by atoms with Crippen LogP contribution >= 0.6 is 0 Å². The molecule has 0 spiro atoms. The number of anilines is 1. The smallest absolute Gasteiger partial charge is 0.277 e. The molecule has 0 aliphatic heterocycles. The lowest BCUT2D eigenvalue weighted by Crippen LogP contribution is -2.26. The number of para-hydroxylation sites is 1. The Bertz CT molecular complexity index is 1060. The molecule has 0 atom stereocenters. The van der Waals surface area contributed by atoms with Crippen LogP contribution in [-0.4, -0.2) is 24.1 Å². The molecule has 0 unspecified atom stereocenters. The summed E-state index contributed by atoms with van der Waals surface area (Å²) in [7, 11) is 0. The number of nitrogens with zero attached hydrogens (tertiary/aromatic N) is 1. The average molecular weight is 389 g/mol. The number of hydrogen-bond donors (Lipinski definition) is 2. The summed E-state index contributed by atoms with van der Waals surface area (Å²) in [6.07, 6.45) is 0.0752. The number of hydrogen-bond acceptors (Lipinski definition) is 4. The molecular weight excluding hydrogens is 366 g/mol. The summed E-state index contributed by atoms with van der Waals surface area (Å²) in [6, 6.07) is 21.1. The van der Waals surface area contributed by atoms with E-state index in [2.05, 4.69) is 15.8 Å². The topological polar surface area (TPSA) is 79.8 Å². The van der Waals surface area contributed by atoms with Crippen molar-refractivity contribution in [3.63, 3.8) is 0 Å². The molecule has 0 aromatic heterocycles. The minimum atomic E-state index is -0.387. The van der Waals surface area contributed by atoms with Gasteiger partial charge in [0.25, 0.3) is 5.91 Å². The highest BCUT2D eigenvalue weighted by Gasteiger charge is 2.07. The van der Waals surface area contributed by atoms with Crippen LogP contribution in [0.15, 0.2) is 71.8 Å². The Kier molecular flexibility index (Phi) is 6.58. The van der Waals surface area contributed by atoms with E-state index in [0.717, 1.165) is 22.0 Å². The molecule has 6 nitrogen and oxygen atoms in total. The maximum atomic E-state index is 12.2. The Hall–Kier alpha value is -3.67. The highest BCUT2D eigenvalue weighted by molar-refractivity contribution is 6.06. The van der Waals surface area contributed by atoms with Gasteiger partial charge in [0, 0.05) is 11.4 Å². The molecule has 2 N–H and O–H groups in total. The van der Waals surface area contributed by atoms with Crippen LogP contribution in [0.4, 0.5) is 5.69 Å². The van der Waals surface area contributed by atoms with Crippen LogP contribution in [0.2, 0.25) is 0 Å². The third-order valence-electron chi connectivity index (χ3n) is 4.27. The van der Waals surface area contributed by atoms with Gasteiger partial charge >= 0.3 is 0 Å². The third-order valence-corrected chi connectivity index (χ3v) is 4.27. The zero-order valence-electron chi connectivity index (χ0n) is 16.4. The first-order valence-corrected chi connectivity index (χ1v) is 9.30. The van der Waals surface area contributed by atoms with Gasteiger partial charge in [-0.3, -0.25) is 9.59 Å². The number of hydrazone groups is 1. The minimum Gasteiger partial charge on any atom is -0.483 e. The van der Waals surface area contributed by atoms with Gasteiger partial charge in [-0.15, -0.1) is 0 Å². The van der Waals surface area contributed by atoms with Crippen LogP contribution < -0.4 is 15.5 Å². The second kappa shape index (κ2) is 9.50. The van der Waals surface area contributed by atoms with Gasteiger partial charge in [-0.2, -0.15) is 5.10 Å². The second-order valence-corrected chi connectivity index (χ2v) is 6.72. The molecule has 3 aromatic rings. The largest absolute Gasteiger partial charge is 0.483 e. The van der Waals surface area contributed by atoms with Crippen LogP contribution in [0, 0.1) is 6.92 Å². The molecule has 3 rings (SSSR count). The Labute approximate surface area is 169 Å². The number of amides is 2. The molecular formula is C23H23N3O3. The van der Waals surface area contributed by atoms with Gasteiger partial charge in [-0.1, -0.05) is 48.5 Å². The summed E-state index contributed by atoms with van der Waals surface area (Å²) in [5, 5.41) is 8.98. The van der Waals surface area contributed by atoms with Crippen molar-refractivity contribution in [2.75, 3.05) is 11.9 Å². The van der Waals surface area contributed by atoms with Gasteiger partial charge in [0.05, 0.1) is 6.42 Å². The molecule has 0 radical (unpaired) electrons. The first-order chi connectivity index (χ1) is 14.0. The van der Waals surface area contributed by atoms with E-state index in [1.807, 2.05) is 67.6 Å². The number of carbonyl (C=O) groups excluding carboxylic acids is 2. The van der Waals surface area contributed by atoms with Crippen LogP contribution in [0.25, 0.3) is 10.8 Å². The van der Waals surface area contributed by atoms with Gasteiger partial charge < -0.3 is 10.1 Å². The lowest BCUT2D eigenvalue weighted by atomic mass is 10.1. The normalized spacial score (nSPS) is 11.2. The molecule has 0 saturated carbocycles. The fourth-order valence-corrected chi connectivity index (χ4v) is 2.80. The highest BCUT2D eigenvalue weighted by Crippen LogP contribution is 2.19. The lowest BCUT2D eigenvalue weighted by molar-refractivity contribution is -0.123. The van der Waals surface area contributed by atoms with Crippen molar-refractivity contribution >= 4 is 34.0 Å². The second-order valence-electron chi connectivity index (χ2n) is 6.72. The number of benzene rings is 3. The van der Waals surface area contributed by atoms with Gasteiger partial charge in [-0.05, 0) is 48.4 Å². The number of rotatable bonds is 7. The molecule has 148 valence electrons. The molecule has 0 aliphatic rings. The zero-order valence-corrected chi connectivity index (χ0v) is 16.4. The predicted octanol–water partition coefficient (Wildman–Crippen LogP) is 4.05. The van der Waals surface area contributed by atoms with E-state index in [1.165, 1.54) is 0 Å².